The normalized spacial score (nSPS) is 15.9. The van der Waals surface area contributed by atoms with Crippen LogP contribution in [0.4, 0.5) is 0 Å². The highest BCUT2D eigenvalue weighted by molar-refractivity contribution is 5.98. The Morgan fingerprint density at radius 1 is 0.507 bits per heavy atom. The monoisotopic (exact) mass is 1070 g/mol. The Balaban J connectivity index is 6.64. The van der Waals surface area contributed by atoms with Gasteiger partial charge in [0, 0.05) is 33.6 Å². The highest BCUT2D eigenvalue weighted by Gasteiger charge is 2.36. The zero-order valence-electron chi connectivity index (χ0n) is 44.9. The number of rotatable bonds is 35. The number of aliphatic hydroxyl groups is 2. The van der Waals surface area contributed by atoms with E-state index in [1.165, 1.54) is 27.7 Å². The minimum Gasteiger partial charge on any atom is -0.480 e. The first-order valence-electron chi connectivity index (χ1n) is 24.6. The molecule has 9 amide bonds. The van der Waals surface area contributed by atoms with Crippen molar-refractivity contribution in [2.24, 2.45) is 38.7 Å². The number of nitrogens with one attached hydrogen (secondary N) is 8. The summed E-state index contributed by atoms with van der Waals surface area (Å²) >= 11 is 0. The van der Waals surface area contributed by atoms with Crippen molar-refractivity contribution in [2.45, 2.75) is 159 Å². The first-order valence-corrected chi connectivity index (χ1v) is 24.6. The van der Waals surface area contributed by atoms with Crippen LogP contribution in [0.5, 0.6) is 0 Å². The van der Waals surface area contributed by atoms with Gasteiger partial charge in [0.25, 0.3) is 0 Å². The van der Waals surface area contributed by atoms with E-state index in [4.69, 9.17) is 28.7 Å². The number of carboxylic acids is 1. The molecule has 0 radical (unpaired) electrons. The number of hydrogen-bond donors (Lipinski definition) is 16. The molecule has 11 atom stereocenters. The molecule has 0 aromatic rings. The van der Waals surface area contributed by atoms with Crippen molar-refractivity contribution in [1.82, 2.24) is 47.4 Å². The minimum atomic E-state index is -1.80. The predicted octanol–water partition coefficient (Wildman–Crippen LogP) is -7.05. The van der Waals surface area contributed by atoms with Crippen LogP contribution >= 0.6 is 0 Å². The van der Waals surface area contributed by atoms with Crippen LogP contribution < -0.4 is 71.2 Å². The number of primary amides is 1. The number of amides is 9. The molecule has 0 bridgehead atoms. The molecular weight excluding hydrogens is 987 g/mol. The van der Waals surface area contributed by atoms with Gasteiger partial charge in [0.1, 0.15) is 48.3 Å². The number of carboxylic acid groups (broad SMARTS) is 1. The molecule has 0 rings (SSSR count). The van der Waals surface area contributed by atoms with Gasteiger partial charge in [0.2, 0.25) is 53.2 Å². The minimum absolute atomic E-state index is 0.0157. The summed E-state index contributed by atoms with van der Waals surface area (Å²) in [5.41, 5.74) is 27.7. The highest BCUT2D eigenvalue weighted by Crippen LogP contribution is 2.10. The van der Waals surface area contributed by atoms with E-state index < -0.39 is 139 Å². The Labute approximate surface area is 437 Å². The van der Waals surface area contributed by atoms with Crippen molar-refractivity contribution >= 4 is 71.1 Å². The summed E-state index contributed by atoms with van der Waals surface area (Å²) in [6.45, 7) is 7.04. The van der Waals surface area contributed by atoms with E-state index >= 15 is 0 Å². The molecule has 21 N–H and O–H groups in total. The first kappa shape index (κ1) is 68.1. The second-order valence-corrected chi connectivity index (χ2v) is 19.5. The summed E-state index contributed by atoms with van der Waals surface area (Å²) in [6.07, 6.45) is -2.91. The van der Waals surface area contributed by atoms with Crippen LogP contribution in [-0.4, -0.2) is 217 Å². The number of carbonyl (C=O) groups excluding carboxylic acids is 9. The fourth-order valence-electron chi connectivity index (χ4n) is 6.63. The van der Waals surface area contributed by atoms with E-state index in [9.17, 15) is 63.3 Å². The average molecular weight is 1070 g/mol. The molecule has 0 aliphatic carbocycles. The zero-order valence-corrected chi connectivity index (χ0v) is 44.9. The smallest absolute Gasteiger partial charge is 0.325 e. The van der Waals surface area contributed by atoms with Crippen molar-refractivity contribution in [3.05, 3.63) is 0 Å². The lowest BCUT2D eigenvalue weighted by Crippen LogP contribution is -2.62. The molecule has 0 aliphatic rings. The van der Waals surface area contributed by atoms with E-state index in [0.717, 1.165) is 6.92 Å². The third-order valence-corrected chi connectivity index (χ3v) is 11.1. The zero-order chi connectivity index (χ0) is 57.9. The van der Waals surface area contributed by atoms with E-state index in [-0.39, 0.29) is 57.1 Å². The molecular formula is C45H86N17O13+. The number of aliphatic hydroxyl groups excluding tert-OH is 2. The van der Waals surface area contributed by atoms with E-state index in [2.05, 4.69) is 52.5 Å². The number of guanidine groups is 2. The van der Waals surface area contributed by atoms with Gasteiger partial charge in [-0.15, -0.1) is 0 Å². The number of aliphatic imine (C=N–C) groups is 2. The lowest BCUT2D eigenvalue weighted by molar-refractivity contribution is -0.870. The number of hydrogen-bond acceptors (Lipinski definition) is 15. The maximum Gasteiger partial charge on any atom is 0.325 e. The molecule has 75 heavy (non-hydrogen) atoms. The van der Waals surface area contributed by atoms with Gasteiger partial charge in [-0.2, -0.15) is 0 Å². The maximum absolute atomic E-state index is 14.2. The Bertz CT molecular complexity index is 1990. The summed E-state index contributed by atoms with van der Waals surface area (Å²) < 4.78 is 0.555. The summed E-state index contributed by atoms with van der Waals surface area (Å²) in [4.78, 5) is 141. The van der Waals surface area contributed by atoms with Crippen molar-refractivity contribution in [1.29, 1.82) is 0 Å². The van der Waals surface area contributed by atoms with E-state index in [0.29, 0.717) is 23.9 Å². The lowest BCUT2D eigenvalue weighted by atomic mass is 10.0. The fourth-order valence-corrected chi connectivity index (χ4v) is 6.63. The Hall–Kier alpha value is -6.92. The Morgan fingerprint density at radius 2 is 0.893 bits per heavy atom. The Morgan fingerprint density at radius 3 is 1.32 bits per heavy atom. The van der Waals surface area contributed by atoms with Gasteiger partial charge in [-0.3, -0.25) is 57.9 Å². The maximum atomic E-state index is 14.2. The van der Waals surface area contributed by atoms with Crippen molar-refractivity contribution in [2.75, 3.05) is 54.9 Å². The molecule has 0 fully saturated rings. The number of nitrogens with zero attached hydrogens (tertiary/aromatic N) is 4. The van der Waals surface area contributed by atoms with Crippen molar-refractivity contribution in [3.8, 4) is 0 Å². The van der Waals surface area contributed by atoms with Gasteiger partial charge < -0.3 is 95.9 Å². The van der Waals surface area contributed by atoms with Crippen LogP contribution in [0.1, 0.15) is 92.4 Å². The molecule has 0 unspecified atom stereocenters. The molecule has 0 saturated carbocycles. The molecule has 0 aromatic heterocycles. The number of unbranched alkanes of at least 4 members (excludes halogenated alkanes) is 1. The summed E-state index contributed by atoms with van der Waals surface area (Å²) in [5, 5.41) is 50.0. The molecule has 30 heteroatoms. The van der Waals surface area contributed by atoms with Gasteiger partial charge in [-0.05, 0) is 86.0 Å². The van der Waals surface area contributed by atoms with Crippen LogP contribution in [0, 0.1) is 0 Å². The van der Waals surface area contributed by atoms with Gasteiger partial charge in [0.15, 0.2) is 11.9 Å². The number of quaternary nitrogens is 1. The summed E-state index contributed by atoms with van der Waals surface area (Å²) in [7, 11) is 9.21. The predicted molar refractivity (Wildman–Crippen MR) is 276 cm³/mol. The third kappa shape index (κ3) is 28.4. The van der Waals surface area contributed by atoms with E-state index in [1.807, 2.05) is 21.1 Å². The van der Waals surface area contributed by atoms with Gasteiger partial charge in [-0.1, -0.05) is 0 Å². The topological polar surface area (TPSA) is 486 Å². The van der Waals surface area contributed by atoms with Crippen LogP contribution in [0.25, 0.3) is 0 Å². The van der Waals surface area contributed by atoms with Crippen molar-refractivity contribution < 1.29 is 67.7 Å². The molecule has 0 heterocycles. The summed E-state index contributed by atoms with van der Waals surface area (Å²) in [6, 6.07) is -12.9. The molecule has 30 nitrogen and oxygen atoms in total. The van der Waals surface area contributed by atoms with Gasteiger partial charge in [0.05, 0.1) is 45.9 Å². The van der Waals surface area contributed by atoms with Crippen LogP contribution in [0.3, 0.4) is 0 Å². The fraction of sp³-hybridized carbons (Fsp3) is 0.733. The molecule has 0 aromatic carbocycles. The Kier molecular flexibility index (Phi) is 30.7. The second kappa shape index (κ2) is 33.8. The quantitative estimate of drug-likeness (QED) is 0.0121. The molecule has 0 aliphatic heterocycles. The SMILES string of the molecule is C[C@H](N)C(=O)N[C@@H](CCCN=C(N)N(C)C)C(=O)N[C@H](C(=O)N[C@@H](CCCC[N+](C)(C)C)C(=O)N[C@@H](CCC(N)=O)C(=O)N[C@H](C(=O)N[C@@H](C)C(=O)N[C@@H](CCCN=C(N)N)C(=O)N[C@@H](C)C(=O)O)[C@@H](C)O)[C@@H](C)O. The molecule has 0 saturated heterocycles. The highest BCUT2D eigenvalue weighted by atomic mass is 16.4. The van der Waals surface area contributed by atoms with Crippen LogP contribution in [-0.2, 0) is 47.9 Å². The number of nitrogens with two attached hydrogens (primary N) is 5. The average Bonchev–Trinajstić information content (AvgIpc) is 3.29. The third-order valence-electron chi connectivity index (χ3n) is 11.1. The summed E-state index contributed by atoms with van der Waals surface area (Å²) in [5.74, 6) is -9.79. The van der Waals surface area contributed by atoms with Crippen LogP contribution in [0.2, 0.25) is 0 Å². The second-order valence-electron chi connectivity index (χ2n) is 19.5. The molecule has 0 spiro atoms. The van der Waals surface area contributed by atoms with Gasteiger partial charge in [-0.25, -0.2) is 0 Å². The number of aliphatic carboxylic acids is 1. The van der Waals surface area contributed by atoms with Gasteiger partial charge >= 0.3 is 5.97 Å². The van der Waals surface area contributed by atoms with E-state index in [1.54, 1.807) is 19.0 Å². The van der Waals surface area contributed by atoms with Crippen molar-refractivity contribution in [3.63, 3.8) is 0 Å². The standard InChI is InChI=1S/C45H85N17O13/c1-23(46)35(66)55-30(17-14-21-52-45(50)61(6)7)39(70)60-34(27(5)64)42(73)58-28(15-11-12-22-62(8,9)10)38(69)57-31(18-19-32(47)65)40(71)59-33(26(4)63)41(72)53-24(2)36(67)56-29(16-13-20-51-44(48)49)37(68)54-25(3)43(74)75/h23-31,33-34,63-64H,11-22,46H2,1-10H3,(H16-,47,48,49,50,51,52,53,54,55,56,57,58,59,60,65,66,67,68,69,70,71,72,73,74,75)/p+1/t23-,24-,25-,26+,27+,28-,29-,30-,31-,33-,34-/m0/s1. The number of carbonyl (C=O) groups is 10. The first-order chi connectivity index (χ1) is 34.7. The van der Waals surface area contributed by atoms with Crippen LogP contribution in [0.15, 0.2) is 9.98 Å². The lowest BCUT2D eigenvalue weighted by Gasteiger charge is -2.29. The largest absolute Gasteiger partial charge is 0.480 e. The molecule has 428 valence electrons.